The van der Waals surface area contributed by atoms with E-state index in [1.165, 1.54) is 6.07 Å². The van der Waals surface area contributed by atoms with Crippen molar-refractivity contribution in [2.24, 2.45) is 5.73 Å². The van der Waals surface area contributed by atoms with E-state index in [0.717, 1.165) is 36.1 Å². The van der Waals surface area contributed by atoms with Crippen molar-refractivity contribution in [1.29, 1.82) is 0 Å². The topological polar surface area (TPSA) is 114 Å². The molecule has 2 aromatic rings. The third-order valence-electron chi connectivity index (χ3n) is 6.59. The monoisotopic (exact) mass is 640 g/mol. The number of carbonyl (C=O) groups excluding carboxylic acids is 3. The lowest BCUT2D eigenvalue weighted by Gasteiger charge is -2.25. The number of ether oxygens (including phenoxy) is 1. The van der Waals surface area contributed by atoms with Crippen molar-refractivity contribution in [2.45, 2.75) is 78.6 Å². The van der Waals surface area contributed by atoms with Crippen LogP contribution in [-0.2, 0) is 16.1 Å². The number of allylic oxidation sites excluding steroid dienone is 4. The Morgan fingerprint density at radius 2 is 1.65 bits per heavy atom. The Hall–Kier alpha value is -4.15. The normalized spacial score (nSPS) is 12.8. The molecule has 8 nitrogen and oxygen atoms in total. The van der Waals surface area contributed by atoms with Crippen molar-refractivity contribution in [2.75, 3.05) is 19.6 Å². The molecule has 252 valence electrons. The van der Waals surface area contributed by atoms with E-state index in [1.807, 2.05) is 65.0 Å². The minimum atomic E-state index is -0.803. The third kappa shape index (κ3) is 15.7. The van der Waals surface area contributed by atoms with Gasteiger partial charge in [0, 0.05) is 49.9 Å². The molecule has 46 heavy (non-hydrogen) atoms. The van der Waals surface area contributed by atoms with Crippen LogP contribution in [0, 0.1) is 6.92 Å². The Kier molecular flexibility index (Phi) is 19.4. The smallest absolute Gasteiger partial charge is 0.338 e. The molecule has 2 aromatic carbocycles. The molecular weight excluding hydrogens is 590 g/mol. The number of nitrogens with zero attached hydrogens (tertiary/aromatic N) is 1. The second-order valence-electron chi connectivity index (χ2n) is 11.1. The molecule has 0 fully saturated rings. The van der Waals surface area contributed by atoms with E-state index in [9.17, 15) is 23.2 Å². The Bertz CT molecular complexity index is 1290. The van der Waals surface area contributed by atoms with Gasteiger partial charge in [-0.3, -0.25) is 9.59 Å². The highest BCUT2D eigenvalue weighted by Gasteiger charge is 2.24. The first-order valence-corrected chi connectivity index (χ1v) is 15.6. The van der Waals surface area contributed by atoms with Crippen LogP contribution in [-0.4, -0.2) is 61.0 Å². The predicted molar refractivity (Wildman–Crippen MR) is 181 cm³/mol. The molecule has 2 amide bonds. The molecule has 2 unspecified atom stereocenters. The van der Waals surface area contributed by atoms with Gasteiger partial charge in [-0.1, -0.05) is 64.6 Å². The van der Waals surface area contributed by atoms with Gasteiger partial charge in [-0.2, -0.15) is 0 Å². The molecule has 0 aromatic heterocycles. The fraction of sp³-hybridized carbons (Fsp3) is 0.417. The van der Waals surface area contributed by atoms with Crippen LogP contribution in [0.25, 0.3) is 0 Å². The number of aryl methyl sites for hydroxylation is 1. The zero-order valence-electron chi connectivity index (χ0n) is 27.7. The molecule has 2 rings (SSSR count). The van der Waals surface area contributed by atoms with Crippen molar-refractivity contribution in [1.82, 2.24) is 15.5 Å². The summed E-state index contributed by atoms with van der Waals surface area (Å²) in [7, 11) is 0. The fourth-order valence-corrected chi connectivity index (χ4v) is 4.30. The van der Waals surface area contributed by atoms with Crippen molar-refractivity contribution >= 4 is 18.3 Å². The number of esters is 1. The summed E-state index contributed by atoms with van der Waals surface area (Å²) in [5.74, 6) is -2.36. The van der Waals surface area contributed by atoms with Crippen LogP contribution in [0.2, 0.25) is 0 Å². The molecule has 0 aliphatic carbocycles. The molecule has 0 radical (unpaired) electrons. The summed E-state index contributed by atoms with van der Waals surface area (Å²) in [5.41, 5.74) is 8.77. The average molecular weight is 641 g/mol. The number of hydrogen-bond donors (Lipinski definition) is 3. The molecule has 0 spiro atoms. The van der Waals surface area contributed by atoms with Gasteiger partial charge in [0.05, 0.1) is 5.56 Å². The summed E-state index contributed by atoms with van der Waals surface area (Å²) in [4.78, 5) is 37.8. The van der Waals surface area contributed by atoms with Gasteiger partial charge in [0.2, 0.25) is 6.41 Å². The first kappa shape index (κ1) is 39.9. The van der Waals surface area contributed by atoms with Crippen molar-refractivity contribution in [3.8, 4) is 0 Å². The van der Waals surface area contributed by atoms with Gasteiger partial charge in [-0.05, 0) is 67.7 Å². The van der Waals surface area contributed by atoms with Crippen LogP contribution < -0.4 is 16.4 Å². The van der Waals surface area contributed by atoms with E-state index in [1.54, 1.807) is 17.0 Å². The van der Waals surface area contributed by atoms with Crippen LogP contribution in [0.15, 0.2) is 85.0 Å². The average Bonchev–Trinajstić information content (AvgIpc) is 3.04. The second kappa shape index (κ2) is 22.4. The highest BCUT2D eigenvalue weighted by Crippen LogP contribution is 2.17. The molecule has 0 saturated heterocycles. The van der Waals surface area contributed by atoms with Gasteiger partial charge in [0.15, 0.2) is 0 Å². The number of benzene rings is 2. The molecular formula is C36H50F2N4O4. The van der Waals surface area contributed by atoms with Crippen LogP contribution in [0.5, 0.6) is 0 Å². The number of nitrogens with two attached hydrogens (primary N) is 1. The molecule has 4 N–H and O–H groups in total. The lowest BCUT2D eigenvalue weighted by Crippen LogP contribution is -2.46. The number of amides is 2. The summed E-state index contributed by atoms with van der Waals surface area (Å²) >= 11 is 0. The largest absolute Gasteiger partial charge is 0.456 e. The number of halogens is 2. The summed E-state index contributed by atoms with van der Waals surface area (Å²) in [6.07, 6.45) is 4.35. The maximum atomic E-state index is 13.9. The zero-order chi connectivity index (χ0) is 34.5. The Morgan fingerprint density at radius 1 is 1.02 bits per heavy atom. The van der Waals surface area contributed by atoms with Crippen molar-refractivity contribution < 1.29 is 27.9 Å². The van der Waals surface area contributed by atoms with Crippen LogP contribution in [0.1, 0.15) is 78.8 Å². The van der Waals surface area contributed by atoms with E-state index < -0.39 is 29.8 Å². The van der Waals surface area contributed by atoms with Gasteiger partial charge in [0.1, 0.15) is 17.8 Å². The number of carbonyl (C=O) groups is 3. The Labute approximate surface area is 272 Å². The van der Waals surface area contributed by atoms with E-state index in [4.69, 9.17) is 10.5 Å². The third-order valence-corrected chi connectivity index (χ3v) is 6.59. The molecule has 0 bridgehead atoms. The first-order valence-electron chi connectivity index (χ1n) is 15.6. The minimum Gasteiger partial charge on any atom is -0.456 e. The van der Waals surface area contributed by atoms with Gasteiger partial charge >= 0.3 is 5.97 Å². The second-order valence-corrected chi connectivity index (χ2v) is 11.1. The predicted octanol–water partition coefficient (Wildman–Crippen LogP) is 6.32. The lowest BCUT2D eigenvalue weighted by molar-refractivity contribution is -0.109. The molecule has 0 aliphatic heterocycles. The number of nitrogens with one attached hydrogen (secondary N) is 2. The molecule has 10 heteroatoms. The quantitative estimate of drug-likeness (QED) is 0.0998. The van der Waals surface area contributed by atoms with Crippen LogP contribution in [0.4, 0.5) is 8.78 Å². The van der Waals surface area contributed by atoms with Gasteiger partial charge < -0.3 is 26.0 Å². The van der Waals surface area contributed by atoms with Crippen molar-refractivity contribution in [3.05, 3.63) is 107 Å². The lowest BCUT2D eigenvalue weighted by atomic mass is 10.0. The maximum Gasteiger partial charge on any atom is 0.338 e. The van der Waals surface area contributed by atoms with Gasteiger partial charge in [-0.15, -0.1) is 0 Å². The summed E-state index contributed by atoms with van der Waals surface area (Å²) < 4.78 is 32.9. The van der Waals surface area contributed by atoms with E-state index >= 15 is 0 Å². The highest BCUT2D eigenvalue weighted by molar-refractivity contribution is 5.98. The SMILES string of the molecule is C=C/C(F)=C\C(F)=C/CC(N)C(CNC(C)C)OC(=O)c1cc(C)cc(C(=O)N(CCC)CCC)c1.O=CNCc1ccccc1. The first-order chi connectivity index (χ1) is 21.9. The van der Waals surface area contributed by atoms with E-state index in [-0.39, 0.29) is 30.5 Å². The molecule has 0 aliphatic rings. The van der Waals surface area contributed by atoms with E-state index in [0.29, 0.717) is 37.7 Å². The fourth-order valence-electron chi connectivity index (χ4n) is 4.30. The van der Waals surface area contributed by atoms with Crippen molar-refractivity contribution in [3.63, 3.8) is 0 Å². The van der Waals surface area contributed by atoms with E-state index in [2.05, 4.69) is 17.2 Å². The Morgan fingerprint density at radius 3 is 2.22 bits per heavy atom. The van der Waals surface area contributed by atoms with Gasteiger partial charge in [-0.25, -0.2) is 13.6 Å². The highest BCUT2D eigenvalue weighted by atomic mass is 19.1. The van der Waals surface area contributed by atoms with Crippen LogP contribution >= 0.6 is 0 Å². The summed E-state index contributed by atoms with van der Waals surface area (Å²) in [6, 6.07) is 14.1. The Balaban J connectivity index is 0.000000892. The molecule has 2 atom stereocenters. The summed E-state index contributed by atoms with van der Waals surface area (Å²) in [6.45, 7) is 15.1. The number of rotatable bonds is 18. The van der Waals surface area contributed by atoms with Crippen LogP contribution in [0.3, 0.4) is 0 Å². The zero-order valence-corrected chi connectivity index (χ0v) is 27.7. The molecule has 0 saturated carbocycles. The standard InChI is InChI=1S/C28H41F2N3O3.C8H9NO/c1-7-12-33(13-8-2)27(34)21-14-20(6)15-22(16-21)28(35)36-26(18-32-19(4)5)25(31)11-10-24(30)17-23(29)9-3;10-7-9-6-8-4-2-1-3-5-8/h9-10,14-17,19,25-26,32H,3,7-8,11-13,18,31H2,1-2,4-6H3;1-5,7H,6H2,(H,9,10)/b23-17+,24-10+;. The molecule has 0 heterocycles. The maximum absolute atomic E-state index is 13.9. The number of hydrogen-bond acceptors (Lipinski definition) is 6. The minimum absolute atomic E-state index is 0.0189. The van der Waals surface area contributed by atoms with Gasteiger partial charge in [0.25, 0.3) is 5.91 Å². The summed E-state index contributed by atoms with van der Waals surface area (Å²) in [5, 5.41) is 5.76.